The second-order valence-electron chi connectivity index (χ2n) is 4.86. The molecule has 0 N–H and O–H groups in total. The lowest BCUT2D eigenvalue weighted by molar-refractivity contribution is 0.101. The molecule has 0 aliphatic rings. The van der Waals surface area contributed by atoms with Gasteiger partial charge in [-0.15, -0.1) is 10.2 Å². The summed E-state index contributed by atoms with van der Waals surface area (Å²) in [6.07, 6.45) is 3.35. The number of nitrogens with zero attached hydrogens (tertiary/aromatic N) is 3. The van der Waals surface area contributed by atoms with Gasteiger partial charge in [0.05, 0.1) is 12.2 Å². The normalized spacial score (nSPS) is 10.5. The molecule has 2 heterocycles. The molecule has 0 saturated carbocycles. The second kappa shape index (κ2) is 7.74. The monoisotopic (exact) mass is 341 g/mol. The van der Waals surface area contributed by atoms with E-state index in [1.54, 1.807) is 24.5 Å². The van der Waals surface area contributed by atoms with Gasteiger partial charge in [0.25, 0.3) is 5.22 Å². The van der Waals surface area contributed by atoms with Crippen molar-refractivity contribution >= 4 is 17.5 Å². The van der Waals surface area contributed by atoms with Gasteiger partial charge in [0.2, 0.25) is 5.89 Å². The fraction of sp³-hybridized carbons (Fsp3) is 0.176. The van der Waals surface area contributed by atoms with Crippen LogP contribution in [-0.2, 0) is 0 Å². The summed E-state index contributed by atoms with van der Waals surface area (Å²) < 4.78 is 11.3. The van der Waals surface area contributed by atoms with Crippen molar-refractivity contribution in [3.05, 3.63) is 54.4 Å². The zero-order valence-electron chi connectivity index (χ0n) is 13.0. The number of benzene rings is 1. The maximum absolute atomic E-state index is 11.5. The van der Waals surface area contributed by atoms with E-state index in [0.29, 0.717) is 34.8 Å². The van der Waals surface area contributed by atoms with Crippen molar-refractivity contribution in [3.63, 3.8) is 0 Å². The second-order valence-corrected chi connectivity index (χ2v) is 5.90. The number of carbonyl (C=O) groups is 1. The minimum atomic E-state index is -0.0165. The standard InChI is InChI=1S/C17H15N3O3S/c1-12(21)14-4-2-3-5-15(14)22-10-11-24-17-20-19-16(23-17)13-6-8-18-9-7-13/h2-9H,10-11H2,1H3. The van der Waals surface area contributed by atoms with Gasteiger partial charge in [0, 0.05) is 23.7 Å². The number of carbonyl (C=O) groups excluding carboxylic acids is 1. The first-order chi connectivity index (χ1) is 11.7. The van der Waals surface area contributed by atoms with Crippen molar-refractivity contribution in [2.75, 3.05) is 12.4 Å². The highest BCUT2D eigenvalue weighted by atomic mass is 32.2. The average molecular weight is 341 g/mol. The third-order valence-corrected chi connectivity index (χ3v) is 3.95. The first-order valence-corrected chi connectivity index (χ1v) is 8.32. The number of hydrogen-bond acceptors (Lipinski definition) is 7. The summed E-state index contributed by atoms with van der Waals surface area (Å²) in [5.74, 6) is 1.66. The number of thioether (sulfide) groups is 1. The van der Waals surface area contributed by atoms with Crippen LogP contribution in [0.4, 0.5) is 0 Å². The van der Waals surface area contributed by atoms with Crippen LogP contribution in [-0.4, -0.2) is 33.3 Å². The molecule has 3 aromatic rings. The minimum Gasteiger partial charge on any atom is -0.492 e. The molecule has 3 rings (SSSR count). The predicted octanol–water partition coefficient (Wildman–Crippen LogP) is 3.51. The molecule has 0 amide bonds. The van der Waals surface area contributed by atoms with Gasteiger partial charge in [-0.25, -0.2) is 0 Å². The molecular weight excluding hydrogens is 326 g/mol. The Hall–Kier alpha value is -2.67. The minimum absolute atomic E-state index is 0.0165. The molecular formula is C17H15N3O3S. The van der Waals surface area contributed by atoms with Gasteiger partial charge in [0.15, 0.2) is 5.78 Å². The van der Waals surface area contributed by atoms with Crippen LogP contribution in [0, 0.1) is 0 Å². The SMILES string of the molecule is CC(=O)c1ccccc1OCCSc1nnc(-c2ccncc2)o1. The molecule has 0 fully saturated rings. The molecule has 122 valence electrons. The van der Waals surface area contributed by atoms with Gasteiger partial charge < -0.3 is 9.15 Å². The van der Waals surface area contributed by atoms with Crippen LogP contribution in [0.3, 0.4) is 0 Å². The Balaban J connectivity index is 1.53. The molecule has 0 saturated heterocycles. The maximum atomic E-state index is 11.5. The van der Waals surface area contributed by atoms with Gasteiger partial charge in [-0.2, -0.15) is 0 Å². The summed E-state index contributed by atoms with van der Waals surface area (Å²) in [6, 6.07) is 10.8. The van der Waals surface area contributed by atoms with Crippen LogP contribution < -0.4 is 4.74 Å². The highest BCUT2D eigenvalue weighted by molar-refractivity contribution is 7.99. The Bertz CT molecular complexity index is 821. The highest BCUT2D eigenvalue weighted by Crippen LogP contribution is 2.23. The van der Waals surface area contributed by atoms with Gasteiger partial charge >= 0.3 is 0 Å². The van der Waals surface area contributed by atoms with Gasteiger partial charge in [-0.05, 0) is 31.2 Å². The van der Waals surface area contributed by atoms with Gasteiger partial charge in [-0.1, -0.05) is 23.9 Å². The number of Topliss-reactive ketones (excluding diaryl/α,β-unsaturated/α-hetero) is 1. The molecule has 0 radical (unpaired) electrons. The Morgan fingerprint density at radius 2 is 1.96 bits per heavy atom. The molecule has 0 spiro atoms. The van der Waals surface area contributed by atoms with Crippen LogP contribution >= 0.6 is 11.8 Å². The topological polar surface area (TPSA) is 78.1 Å². The summed E-state index contributed by atoms with van der Waals surface area (Å²) in [6.45, 7) is 1.96. The molecule has 0 unspecified atom stereocenters. The number of aromatic nitrogens is 3. The third kappa shape index (κ3) is 3.99. The van der Waals surface area contributed by atoms with E-state index in [1.807, 2.05) is 24.3 Å². The molecule has 1 aromatic carbocycles. The third-order valence-electron chi connectivity index (χ3n) is 3.17. The van der Waals surface area contributed by atoms with Crippen molar-refractivity contribution in [2.45, 2.75) is 12.1 Å². The van der Waals surface area contributed by atoms with Gasteiger partial charge in [-0.3, -0.25) is 9.78 Å². The van der Waals surface area contributed by atoms with Crippen LogP contribution in [0.2, 0.25) is 0 Å². The molecule has 6 nitrogen and oxygen atoms in total. The van der Waals surface area contributed by atoms with E-state index >= 15 is 0 Å². The quantitative estimate of drug-likeness (QED) is 0.370. The maximum Gasteiger partial charge on any atom is 0.276 e. The molecule has 0 atom stereocenters. The Morgan fingerprint density at radius 3 is 2.75 bits per heavy atom. The lowest BCUT2D eigenvalue weighted by Gasteiger charge is -2.08. The number of ether oxygens (including phenoxy) is 1. The van der Waals surface area contributed by atoms with Crippen molar-refractivity contribution in [1.82, 2.24) is 15.2 Å². The molecule has 0 aliphatic carbocycles. The van der Waals surface area contributed by atoms with Crippen LogP contribution in [0.5, 0.6) is 5.75 Å². The van der Waals surface area contributed by atoms with E-state index in [1.165, 1.54) is 18.7 Å². The fourth-order valence-corrected chi connectivity index (χ4v) is 2.62. The van der Waals surface area contributed by atoms with E-state index in [-0.39, 0.29) is 5.78 Å². The van der Waals surface area contributed by atoms with Gasteiger partial charge in [0.1, 0.15) is 5.75 Å². The fourth-order valence-electron chi connectivity index (χ4n) is 2.04. The molecule has 0 aliphatic heterocycles. The molecule has 24 heavy (non-hydrogen) atoms. The summed E-state index contributed by atoms with van der Waals surface area (Å²) in [4.78, 5) is 15.5. The molecule has 2 aromatic heterocycles. The largest absolute Gasteiger partial charge is 0.492 e. The lowest BCUT2D eigenvalue weighted by Crippen LogP contribution is -2.04. The summed E-state index contributed by atoms with van der Waals surface area (Å²) >= 11 is 1.40. The Morgan fingerprint density at radius 1 is 1.17 bits per heavy atom. The van der Waals surface area contributed by atoms with E-state index < -0.39 is 0 Å². The summed E-state index contributed by atoms with van der Waals surface area (Å²) in [7, 11) is 0. The molecule has 7 heteroatoms. The molecule has 0 bridgehead atoms. The number of para-hydroxylation sites is 1. The predicted molar refractivity (Wildman–Crippen MR) is 90.2 cm³/mol. The first-order valence-electron chi connectivity index (χ1n) is 7.33. The smallest absolute Gasteiger partial charge is 0.276 e. The van der Waals surface area contributed by atoms with E-state index in [4.69, 9.17) is 9.15 Å². The zero-order chi connectivity index (χ0) is 16.8. The van der Waals surface area contributed by atoms with Crippen LogP contribution in [0.25, 0.3) is 11.5 Å². The van der Waals surface area contributed by atoms with Crippen molar-refractivity contribution < 1.29 is 13.9 Å². The summed E-state index contributed by atoms with van der Waals surface area (Å²) in [5.41, 5.74) is 1.41. The van der Waals surface area contributed by atoms with E-state index in [0.717, 1.165) is 5.56 Å². The highest BCUT2D eigenvalue weighted by Gasteiger charge is 2.10. The van der Waals surface area contributed by atoms with Crippen LogP contribution in [0.15, 0.2) is 58.4 Å². The number of pyridine rings is 1. The van der Waals surface area contributed by atoms with Crippen molar-refractivity contribution in [2.24, 2.45) is 0 Å². The number of hydrogen-bond donors (Lipinski definition) is 0. The van der Waals surface area contributed by atoms with E-state index in [2.05, 4.69) is 15.2 Å². The van der Waals surface area contributed by atoms with Crippen molar-refractivity contribution in [1.29, 1.82) is 0 Å². The summed E-state index contributed by atoms with van der Waals surface area (Å²) in [5, 5.41) is 8.49. The van der Waals surface area contributed by atoms with Crippen molar-refractivity contribution in [3.8, 4) is 17.2 Å². The van der Waals surface area contributed by atoms with E-state index in [9.17, 15) is 4.79 Å². The lowest BCUT2D eigenvalue weighted by atomic mass is 10.1. The number of rotatable bonds is 7. The Kier molecular flexibility index (Phi) is 5.22. The first kappa shape index (κ1) is 16.2. The zero-order valence-corrected chi connectivity index (χ0v) is 13.8. The Labute approximate surface area is 143 Å². The number of ketones is 1. The average Bonchev–Trinajstić information content (AvgIpc) is 3.09. The van der Waals surface area contributed by atoms with Crippen LogP contribution in [0.1, 0.15) is 17.3 Å².